The number of aromatic carboxylic acids is 1. The van der Waals surface area contributed by atoms with Crippen LogP contribution in [0.3, 0.4) is 0 Å². The first-order valence-corrected chi connectivity index (χ1v) is 6.29. The standard InChI is InChI=1S/C16H11FN2O2/c17-10-4-3-5-11(8-10)18-14-9-15(16(20)21)19-13-7-2-1-6-12(13)14/h1-9H,(H,18,19)(H,20,21). The third kappa shape index (κ3) is 2.67. The van der Waals surface area contributed by atoms with Gasteiger partial charge >= 0.3 is 5.97 Å². The molecule has 0 bridgehead atoms. The Morgan fingerprint density at radius 2 is 1.90 bits per heavy atom. The van der Waals surface area contributed by atoms with E-state index in [0.29, 0.717) is 16.9 Å². The molecule has 0 amide bonds. The largest absolute Gasteiger partial charge is 0.477 e. The molecule has 0 aliphatic rings. The molecule has 0 radical (unpaired) electrons. The number of para-hydroxylation sites is 1. The van der Waals surface area contributed by atoms with Crippen LogP contribution < -0.4 is 5.32 Å². The van der Waals surface area contributed by atoms with Crippen LogP contribution >= 0.6 is 0 Å². The van der Waals surface area contributed by atoms with E-state index in [9.17, 15) is 9.18 Å². The molecule has 3 aromatic rings. The normalized spacial score (nSPS) is 10.5. The summed E-state index contributed by atoms with van der Waals surface area (Å²) in [5.41, 5.74) is 1.62. The van der Waals surface area contributed by atoms with Crippen LogP contribution in [0.5, 0.6) is 0 Å². The Hall–Kier alpha value is -2.95. The minimum Gasteiger partial charge on any atom is -0.477 e. The summed E-state index contributed by atoms with van der Waals surface area (Å²) in [6.45, 7) is 0. The van der Waals surface area contributed by atoms with E-state index >= 15 is 0 Å². The van der Waals surface area contributed by atoms with Gasteiger partial charge in [0.05, 0.1) is 11.2 Å². The number of carbonyl (C=O) groups is 1. The van der Waals surface area contributed by atoms with Crippen molar-refractivity contribution in [2.45, 2.75) is 0 Å². The van der Waals surface area contributed by atoms with E-state index < -0.39 is 5.97 Å². The highest BCUT2D eigenvalue weighted by molar-refractivity contribution is 5.98. The molecule has 0 aliphatic carbocycles. The Balaban J connectivity index is 2.13. The molecule has 3 rings (SSSR count). The van der Waals surface area contributed by atoms with Crippen molar-refractivity contribution in [1.29, 1.82) is 0 Å². The van der Waals surface area contributed by atoms with Gasteiger partial charge < -0.3 is 10.4 Å². The number of carboxylic acids is 1. The van der Waals surface area contributed by atoms with Crippen molar-refractivity contribution < 1.29 is 14.3 Å². The average Bonchev–Trinajstić information content (AvgIpc) is 2.47. The van der Waals surface area contributed by atoms with Crippen LogP contribution in [-0.4, -0.2) is 16.1 Å². The predicted octanol–water partition coefficient (Wildman–Crippen LogP) is 3.82. The highest BCUT2D eigenvalue weighted by Crippen LogP contribution is 2.26. The SMILES string of the molecule is O=C(O)c1cc(Nc2cccc(F)c2)c2ccccc2n1. The van der Waals surface area contributed by atoms with E-state index in [2.05, 4.69) is 10.3 Å². The molecule has 1 aromatic heterocycles. The van der Waals surface area contributed by atoms with Gasteiger partial charge in [0, 0.05) is 11.1 Å². The van der Waals surface area contributed by atoms with E-state index in [1.807, 2.05) is 12.1 Å². The van der Waals surface area contributed by atoms with Gasteiger partial charge in [-0.05, 0) is 30.3 Å². The van der Waals surface area contributed by atoms with Gasteiger partial charge in [-0.25, -0.2) is 14.2 Å². The number of nitrogens with zero attached hydrogens (tertiary/aromatic N) is 1. The Bertz CT molecular complexity index is 833. The van der Waals surface area contributed by atoms with Gasteiger partial charge in [-0.1, -0.05) is 24.3 Å². The molecular formula is C16H11FN2O2. The first-order chi connectivity index (χ1) is 10.1. The number of hydrogen-bond donors (Lipinski definition) is 2. The number of aromatic nitrogens is 1. The summed E-state index contributed by atoms with van der Waals surface area (Å²) in [5.74, 6) is -1.47. The Morgan fingerprint density at radius 3 is 2.67 bits per heavy atom. The van der Waals surface area contributed by atoms with Crippen LogP contribution in [0.25, 0.3) is 10.9 Å². The van der Waals surface area contributed by atoms with E-state index in [4.69, 9.17) is 5.11 Å². The average molecular weight is 282 g/mol. The minimum atomic E-state index is -1.11. The molecule has 104 valence electrons. The molecule has 0 aliphatic heterocycles. The third-order valence-corrected chi connectivity index (χ3v) is 3.04. The van der Waals surface area contributed by atoms with Crippen molar-refractivity contribution in [3.63, 3.8) is 0 Å². The fourth-order valence-corrected chi connectivity index (χ4v) is 2.11. The zero-order valence-electron chi connectivity index (χ0n) is 10.9. The number of fused-ring (bicyclic) bond motifs is 1. The molecular weight excluding hydrogens is 271 g/mol. The summed E-state index contributed by atoms with van der Waals surface area (Å²) >= 11 is 0. The number of hydrogen-bond acceptors (Lipinski definition) is 3. The van der Waals surface area contributed by atoms with Crippen LogP contribution in [0.2, 0.25) is 0 Å². The molecule has 2 aromatic carbocycles. The lowest BCUT2D eigenvalue weighted by Crippen LogP contribution is -2.03. The maximum Gasteiger partial charge on any atom is 0.354 e. The van der Waals surface area contributed by atoms with Gasteiger partial charge in [-0.15, -0.1) is 0 Å². The number of rotatable bonds is 3. The molecule has 2 N–H and O–H groups in total. The van der Waals surface area contributed by atoms with Crippen LogP contribution in [-0.2, 0) is 0 Å². The fraction of sp³-hybridized carbons (Fsp3) is 0. The molecule has 5 heteroatoms. The van der Waals surface area contributed by atoms with E-state index in [1.54, 1.807) is 24.3 Å². The lowest BCUT2D eigenvalue weighted by molar-refractivity contribution is 0.0691. The van der Waals surface area contributed by atoms with Gasteiger partial charge in [0.25, 0.3) is 0 Å². The molecule has 0 spiro atoms. The lowest BCUT2D eigenvalue weighted by atomic mass is 10.1. The van der Waals surface area contributed by atoms with Gasteiger partial charge in [-0.3, -0.25) is 0 Å². The second-order valence-electron chi connectivity index (χ2n) is 4.51. The van der Waals surface area contributed by atoms with Crippen molar-refractivity contribution in [1.82, 2.24) is 4.98 Å². The highest BCUT2D eigenvalue weighted by Gasteiger charge is 2.11. The molecule has 0 saturated heterocycles. The Labute approximate surface area is 119 Å². The van der Waals surface area contributed by atoms with Crippen LogP contribution in [0.15, 0.2) is 54.6 Å². The second kappa shape index (κ2) is 5.20. The van der Waals surface area contributed by atoms with Gasteiger partial charge in [0.1, 0.15) is 5.82 Å². The van der Waals surface area contributed by atoms with Crippen molar-refractivity contribution in [3.8, 4) is 0 Å². The summed E-state index contributed by atoms with van der Waals surface area (Å²) < 4.78 is 13.2. The first kappa shape index (κ1) is 13.1. The summed E-state index contributed by atoms with van der Waals surface area (Å²) in [6, 6.07) is 14.6. The summed E-state index contributed by atoms with van der Waals surface area (Å²) in [6.07, 6.45) is 0. The molecule has 0 saturated carbocycles. The summed E-state index contributed by atoms with van der Waals surface area (Å²) in [4.78, 5) is 15.2. The van der Waals surface area contributed by atoms with Crippen molar-refractivity contribution in [2.75, 3.05) is 5.32 Å². The molecule has 4 nitrogen and oxygen atoms in total. The topological polar surface area (TPSA) is 62.2 Å². The number of anilines is 2. The number of pyridine rings is 1. The van der Waals surface area contributed by atoms with Gasteiger partial charge in [-0.2, -0.15) is 0 Å². The number of carboxylic acid groups (broad SMARTS) is 1. The van der Waals surface area contributed by atoms with Crippen molar-refractivity contribution in [3.05, 3.63) is 66.1 Å². The number of benzene rings is 2. The molecule has 0 unspecified atom stereocenters. The number of nitrogens with one attached hydrogen (secondary N) is 1. The van der Waals surface area contributed by atoms with E-state index in [-0.39, 0.29) is 11.5 Å². The smallest absolute Gasteiger partial charge is 0.354 e. The summed E-state index contributed by atoms with van der Waals surface area (Å²) in [5, 5.41) is 12.9. The lowest BCUT2D eigenvalue weighted by Gasteiger charge is -2.10. The highest BCUT2D eigenvalue weighted by atomic mass is 19.1. The summed E-state index contributed by atoms with van der Waals surface area (Å²) in [7, 11) is 0. The molecule has 1 heterocycles. The zero-order chi connectivity index (χ0) is 14.8. The van der Waals surface area contributed by atoms with E-state index in [1.165, 1.54) is 18.2 Å². The predicted molar refractivity (Wildman–Crippen MR) is 78.4 cm³/mol. The van der Waals surface area contributed by atoms with Gasteiger partial charge in [0.2, 0.25) is 0 Å². The Morgan fingerprint density at radius 1 is 1.10 bits per heavy atom. The minimum absolute atomic E-state index is 0.0624. The number of halogens is 1. The monoisotopic (exact) mass is 282 g/mol. The van der Waals surface area contributed by atoms with Crippen molar-refractivity contribution in [2.24, 2.45) is 0 Å². The first-order valence-electron chi connectivity index (χ1n) is 6.29. The second-order valence-corrected chi connectivity index (χ2v) is 4.51. The maximum absolute atomic E-state index is 13.2. The third-order valence-electron chi connectivity index (χ3n) is 3.04. The molecule has 21 heavy (non-hydrogen) atoms. The fourth-order valence-electron chi connectivity index (χ4n) is 2.11. The maximum atomic E-state index is 13.2. The molecule has 0 fully saturated rings. The molecule has 0 atom stereocenters. The quantitative estimate of drug-likeness (QED) is 0.766. The van der Waals surface area contributed by atoms with Crippen LogP contribution in [0.4, 0.5) is 15.8 Å². The van der Waals surface area contributed by atoms with Crippen LogP contribution in [0.1, 0.15) is 10.5 Å². The van der Waals surface area contributed by atoms with Crippen LogP contribution in [0, 0.1) is 5.82 Å². The Kier molecular flexibility index (Phi) is 3.23. The zero-order valence-corrected chi connectivity index (χ0v) is 10.9. The van der Waals surface area contributed by atoms with Crippen molar-refractivity contribution >= 4 is 28.2 Å². The van der Waals surface area contributed by atoms with E-state index in [0.717, 1.165) is 5.39 Å². The van der Waals surface area contributed by atoms with Gasteiger partial charge in [0.15, 0.2) is 5.69 Å².